The maximum Gasteiger partial charge on any atom is 0.273 e. The minimum Gasteiger partial charge on any atom is -0.495 e. The largest absolute Gasteiger partial charge is 0.495 e. The number of hydrogen-bond donors (Lipinski definition) is 0. The van der Waals surface area contributed by atoms with E-state index in [0.717, 1.165) is 0 Å². The fourth-order valence-electron chi connectivity index (χ4n) is 0.911. The lowest BCUT2D eigenvalue weighted by atomic mass is 10.3. The van der Waals surface area contributed by atoms with Crippen molar-refractivity contribution in [2.24, 2.45) is 7.05 Å². The van der Waals surface area contributed by atoms with Crippen molar-refractivity contribution in [2.45, 2.75) is 0 Å². The topological polar surface area (TPSA) is 55.0 Å². The van der Waals surface area contributed by atoms with Gasteiger partial charge in [-0.05, 0) is 0 Å². The molecule has 4 nitrogen and oxygen atoms in total. The van der Waals surface area contributed by atoms with Crippen LogP contribution in [0.3, 0.4) is 0 Å². The second-order valence-corrected chi connectivity index (χ2v) is 2.77. The Morgan fingerprint density at radius 3 is 2.77 bits per heavy atom. The number of pyridine rings is 1. The SMILES string of the molecule is COc1cc(Cl)n(C)c(=O)c1C#N. The van der Waals surface area contributed by atoms with Crippen LogP contribution in [0.5, 0.6) is 5.75 Å². The van der Waals surface area contributed by atoms with Crippen LogP contribution in [0, 0.1) is 11.3 Å². The van der Waals surface area contributed by atoms with E-state index in [2.05, 4.69) is 0 Å². The molecule has 1 aromatic rings. The highest BCUT2D eigenvalue weighted by Crippen LogP contribution is 2.17. The van der Waals surface area contributed by atoms with Crippen LogP contribution in [0.2, 0.25) is 5.15 Å². The maximum absolute atomic E-state index is 11.4. The smallest absolute Gasteiger partial charge is 0.273 e. The van der Waals surface area contributed by atoms with E-state index < -0.39 is 5.56 Å². The van der Waals surface area contributed by atoms with Gasteiger partial charge in [-0.3, -0.25) is 4.79 Å². The number of hydrogen-bond acceptors (Lipinski definition) is 3. The molecule has 0 spiro atoms. The van der Waals surface area contributed by atoms with Gasteiger partial charge in [-0.15, -0.1) is 0 Å². The van der Waals surface area contributed by atoms with Gasteiger partial charge in [-0.25, -0.2) is 0 Å². The Kier molecular flexibility index (Phi) is 2.59. The Balaban J connectivity index is 3.61. The molecule has 0 unspecified atom stereocenters. The molecule has 0 aliphatic rings. The first-order valence-corrected chi connectivity index (χ1v) is 3.83. The lowest BCUT2D eigenvalue weighted by molar-refractivity contribution is 0.411. The predicted octanol–water partition coefficient (Wildman–Crippen LogP) is 0.919. The molecule has 0 amide bonds. The fraction of sp³-hybridized carbons (Fsp3) is 0.250. The molecule has 0 saturated carbocycles. The summed E-state index contributed by atoms with van der Waals surface area (Å²) >= 11 is 5.70. The van der Waals surface area contributed by atoms with E-state index >= 15 is 0 Å². The summed E-state index contributed by atoms with van der Waals surface area (Å²) < 4.78 is 6.02. The highest BCUT2D eigenvalue weighted by molar-refractivity contribution is 6.29. The predicted molar refractivity (Wildman–Crippen MR) is 48.0 cm³/mol. The number of ether oxygens (including phenoxy) is 1. The molecule has 0 fully saturated rings. The number of aromatic nitrogens is 1. The van der Waals surface area contributed by atoms with Gasteiger partial charge in [-0.2, -0.15) is 5.26 Å². The Hall–Kier alpha value is -1.47. The maximum atomic E-state index is 11.4. The van der Waals surface area contributed by atoms with Crippen molar-refractivity contribution in [3.63, 3.8) is 0 Å². The highest BCUT2D eigenvalue weighted by Gasteiger charge is 2.11. The minimum atomic E-state index is -0.452. The Morgan fingerprint density at radius 1 is 1.69 bits per heavy atom. The van der Waals surface area contributed by atoms with Gasteiger partial charge >= 0.3 is 0 Å². The molecule has 13 heavy (non-hydrogen) atoms. The summed E-state index contributed by atoms with van der Waals surface area (Å²) in [6.07, 6.45) is 0. The van der Waals surface area contributed by atoms with Crippen molar-refractivity contribution in [1.29, 1.82) is 5.26 Å². The number of methoxy groups -OCH3 is 1. The van der Waals surface area contributed by atoms with E-state index in [1.165, 1.54) is 24.8 Å². The zero-order valence-electron chi connectivity index (χ0n) is 7.17. The third-order valence-electron chi connectivity index (χ3n) is 1.67. The number of nitrogens with zero attached hydrogens (tertiary/aromatic N) is 2. The zero-order valence-corrected chi connectivity index (χ0v) is 7.92. The highest BCUT2D eigenvalue weighted by atomic mass is 35.5. The van der Waals surface area contributed by atoms with E-state index in [9.17, 15) is 4.79 Å². The Bertz CT molecular complexity index is 431. The Labute approximate surface area is 79.9 Å². The van der Waals surface area contributed by atoms with Crippen LogP contribution in [0.15, 0.2) is 10.9 Å². The average Bonchev–Trinajstić information content (AvgIpc) is 2.13. The molecule has 0 N–H and O–H groups in total. The minimum absolute atomic E-state index is 0.0330. The molecule has 1 aromatic heterocycles. The first-order valence-electron chi connectivity index (χ1n) is 3.45. The van der Waals surface area contributed by atoms with E-state index in [1.54, 1.807) is 6.07 Å². The molecule has 1 rings (SSSR count). The second kappa shape index (κ2) is 3.50. The molecule has 0 aromatic carbocycles. The van der Waals surface area contributed by atoms with Gasteiger partial charge in [-0.1, -0.05) is 11.6 Å². The van der Waals surface area contributed by atoms with Crippen molar-refractivity contribution < 1.29 is 4.74 Å². The molecule has 0 bridgehead atoms. The van der Waals surface area contributed by atoms with Gasteiger partial charge in [0, 0.05) is 13.1 Å². The first kappa shape index (κ1) is 9.62. The molecule has 0 aliphatic carbocycles. The van der Waals surface area contributed by atoms with Crippen molar-refractivity contribution in [3.05, 3.63) is 27.1 Å². The van der Waals surface area contributed by atoms with Crippen LogP contribution in [0.1, 0.15) is 5.56 Å². The summed E-state index contributed by atoms with van der Waals surface area (Å²) in [7, 11) is 2.87. The van der Waals surface area contributed by atoms with Crippen molar-refractivity contribution in [1.82, 2.24) is 4.57 Å². The molecule has 0 saturated heterocycles. The normalized spacial score (nSPS) is 9.38. The van der Waals surface area contributed by atoms with E-state index in [-0.39, 0.29) is 16.5 Å². The van der Waals surface area contributed by atoms with Gasteiger partial charge in [0.25, 0.3) is 5.56 Å². The van der Waals surface area contributed by atoms with Gasteiger partial charge in [0.15, 0.2) is 5.56 Å². The standard InChI is InChI=1S/C8H7ClN2O2/c1-11-7(9)3-6(13-2)5(4-10)8(11)12/h3H,1-2H3. The molecular formula is C8H7ClN2O2. The van der Waals surface area contributed by atoms with Crippen LogP contribution >= 0.6 is 11.6 Å². The van der Waals surface area contributed by atoms with Crippen LogP contribution < -0.4 is 10.3 Å². The number of halogens is 1. The quantitative estimate of drug-likeness (QED) is 0.631. The summed E-state index contributed by atoms with van der Waals surface area (Å²) in [6, 6.07) is 3.20. The molecule has 0 radical (unpaired) electrons. The van der Waals surface area contributed by atoms with Crippen molar-refractivity contribution >= 4 is 11.6 Å². The van der Waals surface area contributed by atoms with Crippen LogP contribution in [0.4, 0.5) is 0 Å². The Morgan fingerprint density at radius 2 is 2.31 bits per heavy atom. The van der Waals surface area contributed by atoms with Gasteiger partial charge in [0.2, 0.25) is 0 Å². The molecular weight excluding hydrogens is 192 g/mol. The van der Waals surface area contributed by atoms with E-state index in [1.807, 2.05) is 0 Å². The van der Waals surface area contributed by atoms with E-state index in [4.69, 9.17) is 21.6 Å². The molecule has 1 heterocycles. The van der Waals surface area contributed by atoms with Crippen molar-refractivity contribution in [2.75, 3.05) is 7.11 Å². The van der Waals surface area contributed by atoms with Crippen LogP contribution in [-0.4, -0.2) is 11.7 Å². The van der Waals surface area contributed by atoms with Gasteiger partial charge in [0.05, 0.1) is 7.11 Å². The average molecular weight is 199 g/mol. The third-order valence-corrected chi connectivity index (χ3v) is 2.03. The summed E-state index contributed by atoms with van der Waals surface area (Å²) in [4.78, 5) is 11.4. The van der Waals surface area contributed by atoms with Crippen LogP contribution in [0.25, 0.3) is 0 Å². The summed E-state index contributed by atoms with van der Waals surface area (Å²) in [5.74, 6) is 0.204. The molecule has 0 atom stereocenters. The number of rotatable bonds is 1. The van der Waals surface area contributed by atoms with Gasteiger partial charge < -0.3 is 9.30 Å². The summed E-state index contributed by atoms with van der Waals surface area (Å²) in [5.41, 5.74) is -0.485. The van der Waals surface area contributed by atoms with Crippen molar-refractivity contribution in [3.8, 4) is 11.8 Å². The van der Waals surface area contributed by atoms with Gasteiger partial charge in [0.1, 0.15) is 17.0 Å². The fourth-order valence-corrected chi connectivity index (χ4v) is 1.09. The molecule has 68 valence electrons. The lowest BCUT2D eigenvalue weighted by Gasteiger charge is -2.05. The summed E-state index contributed by atoms with van der Waals surface area (Å²) in [5, 5.41) is 8.90. The third kappa shape index (κ3) is 1.51. The zero-order chi connectivity index (χ0) is 10.0. The number of nitriles is 1. The monoisotopic (exact) mass is 198 g/mol. The molecule has 0 aliphatic heterocycles. The van der Waals surface area contributed by atoms with Crippen LogP contribution in [-0.2, 0) is 7.05 Å². The summed E-state index contributed by atoms with van der Waals surface area (Å²) in [6.45, 7) is 0. The lowest BCUT2D eigenvalue weighted by Crippen LogP contribution is -2.20. The van der Waals surface area contributed by atoms with E-state index in [0.29, 0.717) is 0 Å². The molecule has 5 heteroatoms. The second-order valence-electron chi connectivity index (χ2n) is 2.39. The first-order chi connectivity index (χ1) is 6.11.